The summed E-state index contributed by atoms with van der Waals surface area (Å²) in [5.41, 5.74) is 25.2. The molecule has 7 aromatic rings. The molecule has 2 saturated heterocycles. The van der Waals surface area contributed by atoms with E-state index in [-0.39, 0.29) is 55.9 Å². The average molecular weight is 1340 g/mol. The van der Waals surface area contributed by atoms with E-state index in [1.165, 1.54) is 88.5 Å². The summed E-state index contributed by atoms with van der Waals surface area (Å²) in [5.74, 6) is -3.07. The summed E-state index contributed by atoms with van der Waals surface area (Å²) in [6.45, 7) is 12.6. The monoisotopic (exact) mass is 1340 g/mol. The molecule has 510 valence electrons. The Labute approximate surface area is 559 Å². The number of esters is 9. The fourth-order valence-corrected chi connectivity index (χ4v) is 17.4. The molecule has 4 aliphatic heterocycles. The fraction of sp³-hybridized carbons (Fsp3) is 0.419. The van der Waals surface area contributed by atoms with Gasteiger partial charge in [-0.15, -0.1) is 0 Å². The number of fused-ring (bicyclic) bond motifs is 13. The first kappa shape index (κ1) is 67.6. The molecule has 5 aliphatic carbocycles. The number of anilines is 4. The van der Waals surface area contributed by atoms with Gasteiger partial charge in [-0.25, -0.2) is 43.2 Å². The van der Waals surface area contributed by atoms with E-state index in [0.717, 1.165) is 71.9 Å². The van der Waals surface area contributed by atoms with Crippen molar-refractivity contribution in [2.24, 2.45) is 75.9 Å². The highest BCUT2D eigenvalue weighted by atomic mass is 16.6. The quantitative estimate of drug-likeness (QED) is 0.0476. The number of carbonyl (C=O) groups excluding carboxylic acids is 9. The van der Waals surface area contributed by atoms with Crippen LogP contribution in [0.5, 0.6) is 0 Å². The molecule has 6 heterocycles. The Morgan fingerprint density at radius 2 is 0.908 bits per heavy atom. The van der Waals surface area contributed by atoms with Gasteiger partial charge in [0.05, 0.1) is 73.0 Å². The number of rotatable bonds is 8. The van der Waals surface area contributed by atoms with Crippen LogP contribution in [-0.4, -0.2) is 59.8 Å². The van der Waals surface area contributed by atoms with Gasteiger partial charge in [0.15, 0.2) is 0 Å². The number of hydrogen-bond donors (Lipinski definition) is 4. The minimum absolute atomic E-state index is 0.0104. The number of benzene rings is 5. The number of furan rings is 2. The molecule has 7 fully saturated rings. The van der Waals surface area contributed by atoms with Crippen LogP contribution < -0.4 is 45.4 Å². The van der Waals surface area contributed by atoms with Gasteiger partial charge in [-0.3, -0.25) is 19.2 Å². The normalized spacial score (nSPS) is 27.6. The van der Waals surface area contributed by atoms with E-state index in [2.05, 4.69) is 62.4 Å². The molecule has 0 amide bonds. The largest absolute Gasteiger partial charge is 0.459 e. The maximum absolute atomic E-state index is 12.9. The van der Waals surface area contributed by atoms with E-state index in [1.807, 2.05) is 0 Å². The van der Waals surface area contributed by atoms with E-state index in [1.54, 1.807) is 54.6 Å². The Morgan fingerprint density at radius 1 is 0.469 bits per heavy atom. The summed E-state index contributed by atoms with van der Waals surface area (Å²) in [6, 6.07) is 23.7. The zero-order valence-corrected chi connectivity index (χ0v) is 54.5. The molecular formula is C74H74N4O20. The molecule has 0 radical (unpaired) electrons. The summed E-state index contributed by atoms with van der Waals surface area (Å²) >= 11 is 0. The molecule has 5 saturated carbocycles. The van der Waals surface area contributed by atoms with Crippen molar-refractivity contribution < 1.29 is 75.7 Å². The molecule has 0 spiro atoms. The predicted octanol–water partition coefficient (Wildman–Crippen LogP) is 9.45. The summed E-state index contributed by atoms with van der Waals surface area (Å²) in [5, 5.41) is -0.0726. The highest BCUT2D eigenvalue weighted by molar-refractivity contribution is 6.17. The van der Waals surface area contributed by atoms with E-state index in [9.17, 15) is 62.3 Å². The van der Waals surface area contributed by atoms with E-state index in [4.69, 9.17) is 27.7 Å². The van der Waals surface area contributed by atoms with Crippen LogP contribution in [-0.2, 0) is 42.9 Å². The van der Waals surface area contributed by atoms with Crippen molar-refractivity contribution in [3.05, 3.63) is 160 Å². The topological polar surface area (TPSA) is 398 Å². The molecular weight excluding hydrogens is 1260 g/mol. The fourth-order valence-electron chi connectivity index (χ4n) is 17.4. The zero-order valence-electron chi connectivity index (χ0n) is 54.5. The molecule has 16 rings (SSSR count). The van der Waals surface area contributed by atoms with Crippen LogP contribution in [0.25, 0.3) is 32.7 Å². The van der Waals surface area contributed by atoms with Gasteiger partial charge in [0.2, 0.25) is 0 Å². The lowest BCUT2D eigenvalue weighted by molar-refractivity contribution is -0.158. The highest BCUT2D eigenvalue weighted by Crippen LogP contribution is 2.68. The second-order valence-electron chi connectivity index (χ2n) is 28.3. The molecule has 0 bridgehead atoms. The number of carbonyl (C=O) groups is 9. The summed E-state index contributed by atoms with van der Waals surface area (Å²) in [7, 11) is 0. The third-order valence-electron chi connectivity index (χ3n) is 22.3. The van der Waals surface area contributed by atoms with E-state index >= 15 is 0 Å². The van der Waals surface area contributed by atoms with Gasteiger partial charge in [0.25, 0.3) is 0 Å². The lowest BCUT2D eigenvalue weighted by Gasteiger charge is -2.61. The molecule has 24 nitrogen and oxygen atoms in total. The Hall–Kier alpha value is -10.4. The van der Waals surface area contributed by atoms with Crippen LogP contribution in [0.2, 0.25) is 0 Å². The minimum Gasteiger partial charge on any atom is -0.459 e. The first-order valence-electron chi connectivity index (χ1n) is 33.0. The van der Waals surface area contributed by atoms with Crippen molar-refractivity contribution in [2.75, 3.05) is 22.9 Å². The van der Waals surface area contributed by atoms with Crippen LogP contribution in [0.4, 0.5) is 22.7 Å². The van der Waals surface area contributed by atoms with Crippen molar-refractivity contribution in [1.82, 2.24) is 0 Å². The lowest BCUT2D eigenvalue weighted by atomic mass is 9.44. The first-order chi connectivity index (χ1) is 46.5. The van der Waals surface area contributed by atoms with Crippen molar-refractivity contribution in [3.8, 4) is 11.1 Å². The Balaban J connectivity index is 0.000000128. The zero-order chi connectivity index (χ0) is 70.1. The van der Waals surface area contributed by atoms with Crippen LogP contribution >= 0.6 is 0 Å². The second-order valence-corrected chi connectivity index (χ2v) is 28.3. The molecule has 8 N–H and O–H groups in total. The summed E-state index contributed by atoms with van der Waals surface area (Å²) < 4.78 is 32.5. The first-order valence-corrected chi connectivity index (χ1v) is 33.0. The van der Waals surface area contributed by atoms with Crippen molar-refractivity contribution in [2.45, 2.75) is 118 Å². The molecule has 24 heteroatoms. The molecule has 9 aliphatic rings. The Bertz CT molecular complexity index is 4350. The van der Waals surface area contributed by atoms with Gasteiger partial charge < -0.3 is 55.5 Å². The van der Waals surface area contributed by atoms with Gasteiger partial charge in [0, 0.05) is 22.7 Å². The van der Waals surface area contributed by atoms with Crippen molar-refractivity contribution in [3.63, 3.8) is 0 Å². The second kappa shape index (κ2) is 26.2. The molecule has 9 atom stereocenters. The third kappa shape index (κ3) is 12.5. The summed E-state index contributed by atoms with van der Waals surface area (Å²) in [6.07, 6.45) is 15.8. The lowest BCUT2D eigenvalue weighted by Crippen LogP contribution is -2.54. The third-order valence-corrected chi connectivity index (χ3v) is 22.3. The molecule has 5 aromatic carbocycles. The van der Waals surface area contributed by atoms with Crippen LogP contribution in [0.3, 0.4) is 0 Å². The molecule has 98 heavy (non-hydrogen) atoms. The number of nitrogen functional groups attached to an aromatic ring is 4. The van der Waals surface area contributed by atoms with Gasteiger partial charge in [-0.2, -0.15) is 0 Å². The van der Waals surface area contributed by atoms with Crippen LogP contribution in [0.15, 0.2) is 119 Å². The molecule has 2 aromatic heterocycles. The van der Waals surface area contributed by atoms with Gasteiger partial charge >= 0.3 is 76.2 Å². The number of cyclic esters (lactones) is 8. The van der Waals surface area contributed by atoms with Crippen LogP contribution in [0, 0.1) is 75.9 Å². The number of ether oxygens (including phenoxy) is 5. The summed E-state index contributed by atoms with van der Waals surface area (Å²) in [4.78, 5) is 148. The maximum Gasteiger partial charge on any atom is 0.346 e. The number of hydrogen-bond acceptors (Lipinski definition) is 24. The molecule has 9 unspecified atom stereocenters. The average Bonchev–Trinajstić information content (AvgIpc) is 1.57. The number of nitrogens with two attached hydrogens (primary N) is 4. The Kier molecular flexibility index (Phi) is 18.1. The highest BCUT2D eigenvalue weighted by Gasteiger charge is 2.73. The SMILES string of the molecule is CC(C)CCCC(C)C1CCC2C3CCC4CC(OC(=O)c5cc(N)cc(N)c5)CCC4(C)C3CCC12C.Nc1ccc(N)cc1.O=C1OC(=O)C2C1C1C(=O)OC(=O)C21.O=C1OC(=O)c2cc(-c3ccc4c(c3)C(=O)OC4=O)ccc21.O=c1oc(=O)c2cc3c(=O)oc(=O)c3cc12. The maximum atomic E-state index is 12.9. The standard InChI is InChI=1S/C34H54N2O2.C16H6O6.C10H2O6.C8H4O6.C6H8N2/c1-21(2)7-6-8-22(3)29-11-12-30-28-10-9-24-19-27(38-32(37)23-17-25(35)20-26(36)18-23)13-15-33(24,4)31(28)14-16-34(29,30)5;17-13-9-3-1-7(5-11(9)15(19)21-13)8-2-4-10-12(6-8)16(20)22-14(10)18;11-7-3-1-4-6(10(14)16-8(4)12)2-5(3)9(13)15-7;9-5-1-2(6(10)13-5)4-3(1)7(11)14-8(4)12;7-5-1-2-6(8)4-3-5/h17-18,20-22,24,27-31H,6-16,19,35-36H2,1-5H3;1-6H;1-2H;1-4H;1-4H,7-8H2. The van der Waals surface area contributed by atoms with E-state index in [0.29, 0.717) is 44.8 Å². The van der Waals surface area contributed by atoms with Gasteiger partial charge in [-0.1, -0.05) is 66.0 Å². The van der Waals surface area contributed by atoms with Gasteiger partial charge in [-0.05, 0) is 200 Å². The van der Waals surface area contributed by atoms with Crippen molar-refractivity contribution in [1.29, 1.82) is 0 Å². The van der Waals surface area contributed by atoms with Gasteiger partial charge in [0.1, 0.15) is 6.10 Å². The Morgan fingerprint density at radius 3 is 1.37 bits per heavy atom. The smallest absolute Gasteiger partial charge is 0.346 e. The minimum atomic E-state index is -0.824. The predicted molar refractivity (Wildman–Crippen MR) is 354 cm³/mol. The van der Waals surface area contributed by atoms with E-state index < -0.39 is 93.9 Å². The van der Waals surface area contributed by atoms with Crippen LogP contribution in [0.1, 0.15) is 163 Å². The van der Waals surface area contributed by atoms with Crippen molar-refractivity contribution >= 4 is 98.0 Å².